The predicted octanol–water partition coefficient (Wildman–Crippen LogP) is -2.60. The molecule has 0 unspecified atom stereocenters. The maximum atomic E-state index is 9.08. The predicted molar refractivity (Wildman–Crippen MR) is 24.9 cm³/mol. The first kappa shape index (κ1) is 15.7. The third kappa shape index (κ3) is 21.9. The van der Waals surface area contributed by atoms with Gasteiger partial charge in [0.25, 0.3) is 0 Å². The van der Waals surface area contributed by atoms with Gasteiger partial charge in [-0.3, -0.25) is 0 Å². The molecule has 0 bridgehead atoms. The molecule has 0 saturated carbocycles. The Morgan fingerprint density at radius 3 is 1.60 bits per heavy atom. The van der Waals surface area contributed by atoms with E-state index in [1.807, 2.05) is 0 Å². The fraction of sp³-hybridized carbons (Fsp3) is 0. The molecule has 0 fully saturated rings. The molecule has 0 aromatic heterocycles. The summed E-state index contributed by atoms with van der Waals surface area (Å²) in [7, 11) is 0.897. The summed E-state index contributed by atoms with van der Waals surface area (Å²) in [6, 6.07) is 0. The average molecular weight is 172 g/mol. The van der Waals surface area contributed by atoms with Crippen LogP contribution in [-0.4, -0.2) is 61.0 Å². The number of hydrogen-bond donors (Lipinski definition) is 0. The Hall–Kier alpha value is 2.33. The summed E-state index contributed by atoms with van der Waals surface area (Å²) in [4.78, 5) is 0. The first-order chi connectivity index (χ1) is 1.41. The molecule has 0 amide bonds. The Balaban J connectivity index is -0.0000000200. The molecule has 28 valence electrons. The van der Waals surface area contributed by atoms with E-state index in [2.05, 4.69) is 0 Å². The quantitative estimate of drug-likeness (QED) is 0.366. The Kier molecular flexibility index (Phi) is 50.8. The van der Waals surface area contributed by atoms with Crippen LogP contribution in [0.15, 0.2) is 0 Å². The van der Waals surface area contributed by atoms with Crippen LogP contribution in [0.3, 0.4) is 0 Å². The summed E-state index contributed by atoms with van der Waals surface area (Å²) < 4.78 is 9.08. The van der Waals surface area contributed by atoms with Crippen LogP contribution in [0.2, 0.25) is 0 Å². The van der Waals surface area contributed by atoms with Crippen LogP contribution in [0.1, 0.15) is 0 Å². The van der Waals surface area contributed by atoms with E-state index in [0.717, 1.165) is 8.80 Å². The van der Waals surface area contributed by atoms with Crippen LogP contribution in [-0.2, 0) is 20.9 Å². The van der Waals surface area contributed by atoms with Gasteiger partial charge in [0.05, 0.1) is 0 Å². The standard InChI is InChI=1S/Al.Ca.Fe.O.H3Si.2H/h;;;;1H3;;. The average Bonchev–Trinajstić information content (AvgIpc) is 0.918. The minimum atomic E-state index is -0.361. The van der Waals surface area contributed by atoms with Gasteiger partial charge in [-0.15, -0.1) is 0 Å². The van der Waals surface area contributed by atoms with E-state index in [-0.39, 0.29) is 69.3 Å². The van der Waals surface area contributed by atoms with Crippen LogP contribution in [0.5, 0.6) is 0 Å². The second-order valence-corrected chi connectivity index (χ2v) is 2.12. The second-order valence-electron chi connectivity index (χ2n) is 0.236. The van der Waals surface area contributed by atoms with Crippen molar-refractivity contribution in [3.8, 4) is 0 Å². The zero-order valence-corrected chi connectivity index (χ0v) is 6.60. The van der Waals surface area contributed by atoms with Crippen molar-refractivity contribution in [2.75, 3.05) is 0 Å². The maximum absolute atomic E-state index is 9.08. The van der Waals surface area contributed by atoms with Gasteiger partial charge in [-0.2, -0.15) is 0 Å². The zero-order chi connectivity index (χ0) is 2.71. The first-order valence-corrected chi connectivity index (χ1v) is 5.90. The van der Waals surface area contributed by atoms with Crippen LogP contribution in [0.25, 0.3) is 0 Å². The molecule has 0 rings (SSSR count). The Morgan fingerprint density at radius 2 is 1.60 bits per heavy atom. The zero-order valence-electron chi connectivity index (χ0n) is 2.34. The normalized spacial score (nSPS) is 2.40. The van der Waals surface area contributed by atoms with Crippen molar-refractivity contribution in [3.63, 3.8) is 0 Å². The summed E-state index contributed by atoms with van der Waals surface area (Å²) >= 11 is -0.361. The van der Waals surface area contributed by atoms with E-state index in [1.54, 1.807) is 0 Å². The van der Waals surface area contributed by atoms with Gasteiger partial charge < -0.3 is 0 Å². The second kappa shape index (κ2) is 16.2. The van der Waals surface area contributed by atoms with Crippen molar-refractivity contribution < 1.29 is 20.9 Å². The molecular weight excluding hydrogens is 167 g/mol. The van der Waals surface area contributed by atoms with Gasteiger partial charge in [0.15, 0.2) is 0 Å². The van der Waals surface area contributed by atoms with Crippen molar-refractivity contribution in [3.05, 3.63) is 0 Å². The van der Waals surface area contributed by atoms with Gasteiger partial charge in [-0.05, 0) is 0 Å². The van der Waals surface area contributed by atoms with Gasteiger partial charge >= 0.3 is 64.9 Å². The molecule has 0 atom stereocenters. The molecule has 0 aliphatic carbocycles. The van der Waals surface area contributed by atoms with Gasteiger partial charge in [-0.1, -0.05) is 0 Å². The molecule has 1 nitrogen and oxygen atoms in total. The van der Waals surface area contributed by atoms with E-state index < -0.39 is 0 Å². The molecule has 0 aromatic carbocycles. The molecule has 0 heterocycles. The summed E-state index contributed by atoms with van der Waals surface area (Å²) in [5.41, 5.74) is 0. The van der Waals surface area contributed by atoms with Gasteiger partial charge in [0.2, 0.25) is 0 Å². The molecule has 0 saturated heterocycles. The van der Waals surface area contributed by atoms with Crippen molar-refractivity contribution in [1.82, 2.24) is 0 Å². The topological polar surface area (TPSA) is 17.1 Å². The molecule has 0 radical (unpaired) electrons. The van der Waals surface area contributed by atoms with E-state index in [1.165, 1.54) is 0 Å². The Morgan fingerprint density at radius 1 is 1.60 bits per heavy atom. The number of rotatable bonds is 0. The first-order valence-electron chi connectivity index (χ1n) is 0.813. The van der Waals surface area contributed by atoms with Crippen molar-refractivity contribution in [2.45, 2.75) is 0 Å². The van der Waals surface area contributed by atoms with Gasteiger partial charge in [0.1, 0.15) is 0 Å². The Bertz CT molecular complexity index is 19.1. The SMILES string of the molecule is [CaH2].[Fe].[O]=[Al][SiH3]. The summed E-state index contributed by atoms with van der Waals surface area (Å²) in [5.74, 6) is 0. The molecule has 0 aliphatic heterocycles. The van der Waals surface area contributed by atoms with E-state index >= 15 is 0 Å². The van der Waals surface area contributed by atoms with E-state index in [0.29, 0.717) is 0 Å². The van der Waals surface area contributed by atoms with Gasteiger partial charge in [-0.25, -0.2) is 0 Å². The summed E-state index contributed by atoms with van der Waals surface area (Å²) in [6.07, 6.45) is 0. The van der Waals surface area contributed by atoms with Crippen LogP contribution < -0.4 is 0 Å². The van der Waals surface area contributed by atoms with Crippen molar-refractivity contribution in [2.24, 2.45) is 0 Å². The molecule has 0 aliphatic rings. The monoisotopic (exact) mass is 172 g/mol. The molecule has 5 heteroatoms. The van der Waals surface area contributed by atoms with Crippen molar-refractivity contribution >= 4 is 61.0 Å². The van der Waals surface area contributed by atoms with Crippen molar-refractivity contribution in [1.29, 1.82) is 0 Å². The van der Waals surface area contributed by atoms with E-state index in [4.69, 9.17) is 3.80 Å². The Labute approximate surface area is 80.5 Å². The summed E-state index contributed by atoms with van der Waals surface area (Å²) in [5, 5.41) is 0. The molecule has 0 aromatic rings. The minimum absolute atomic E-state index is 0. The third-order valence-electron chi connectivity index (χ3n) is 0. The number of hydrogen-bond acceptors (Lipinski definition) is 1. The third-order valence-corrected chi connectivity index (χ3v) is 0. The van der Waals surface area contributed by atoms with Gasteiger partial charge in [0, 0.05) is 17.1 Å². The molecule has 0 N–H and O–H groups in total. The fourth-order valence-electron chi connectivity index (χ4n) is 0. The van der Waals surface area contributed by atoms with E-state index in [9.17, 15) is 0 Å². The van der Waals surface area contributed by atoms with Crippen LogP contribution in [0.4, 0.5) is 0 Å². The van der Waals surface area contributed by atoms with Crippen LogP contribution >= 0.6 is 0 Å². The molecule has 0 spiro atoms. The molecule has 5 heavy (non-hydrogen) atoms. The van der Waals surface area contributed by atoms with Crippen LogP contribution in [0, 0.1) is 0 Å². The molecular formula is H5AlCaFeOSi. The fourth-order valence-corrected chi connectivity index (χ4v) is 0. The summed E-state index contributed by atoms with van der Waals surface area (Å²) in [6.45, 7) is 0.